The predicted octanol–water partition coefficient (Wildman–Crippen LogP) is 5.63. The molecule has 0 amide bonds. The van der Waals surface area contributed by atoms with Gasteiger partial charge in [0.25, 0.3) is 0 Å². The predicted molar refractivity (Wildman–Crippen MR) is 99.0 cm³/mol. The summed E-state index contributed by atoms with van der Waals surface area (Å²) >= 11 is 18.3. The molecule has 122 valence electrons. The zero-order valence-electron chi connectivity index (χ0n) is 12.5. The molecular formula is C16H12Cl3N5. The normalized spacial score (nSPS) is 10.5. The van der Waals surface area contributed by atoms with E-state index in [4.69, 9.17) is 34.8 Å². The van der Waals surface area contributed by atoms with Crippen molar-refractivity contribution in [1.29, 1.82) is 0 Å². The topological polar surface area (TPSA) is 62.7 Å². The van der Waals surface area contributed by atoms with Crippen molar-refractivity contribution in [2.45, 2.75) is 6.92 Å². The standard InChI is InChI=1S/C16H12Cl3N5/c1-9-5-6-10(17)7-13(9)21-14-8-20-24-16(22-14)23-15-11(18)3-2-4-12(15)19/h2-8H,1H3,(H2,21,22,23,24). The van der Waals surface area contributed by atoms with Gasteiger partial charge >= 0.3 is 0 Å². The molecule has 2 aromatic carbocycles. The molecule has 0 saturated carbocycles. The first-order valence-electron chi connectivity index (χ1n) is 6.97. The molecule has 0 radical (unpaired) electrons. The van der Waals surface area contributed by atoms with Gasteiger partial charge in [0.05, 0.1) is 21.9 Å². The molecule has 0 aliphatic heterocycles. The fourth-order valence-electron chi connectivity index (χ4n) is 2.01. The number of anilines is 4. The van der Waals surface area contributed by atoms with E-state index in [-0.39, 0.29) is 5.95 Å². The van der Waals surface area contributed by atoms with Gasteiger partial charge in [-0.1, -0.05) is 46.9 Å². The lowest BCUT2D eigenvalue weighted by Crippen LogP contribution is -2.03. The lowest BCUT2D eigenvalue weighted by Gasteiger charge is -2.11. The number of halogens is 3. The third-order valence-electron chi connectivity index (χ3n) is 3.22. The van der Waals surface area contributed by atoms with Crippen LogP contribution in [-0.2, 0) is 0 Å². The van der Waals surface area contributed by atoms with Gasteiger partial charge in [0, 0.05) is 10.7 Å². The number of aromatic nitrogens is 3. The van der Waals surface area contributed by atoms with Gasteiger partial charge in [-0.05, 0) is 36.8 Å². The van der Waals surface area contributed by atoms with Crippen molar-refractivity contribution < 1.29 is 0 Å². The Balaban J connectivity index is 1.86. The van der Waals surface area contributed by atoms with E-state index in [1.54, 1.807) is 18.2 Å². The highest BCUT2D eigenvalue weighted by atomic mass is 35.5. The second-order valence-corrected chi connectivity index (χ2v) is 6.22. The summed E-state index contributed by atoms with van der Waals surface area (Å²) < 4.78 is 0. The van der Waals surface area contributed by atoms with Gasteiger partial charge in [-0.25, -0.2) is 0 Å². The molecular weight excluding hydrogens is 369 g/mol. The minimum absolute atomic E-state index is 0.273. The lowest BCUT2D eigenvalue weighted by atomic mass is 10.2. The average molecular weight is 381 g/mol. The van der Waals surface area contributed by atoms with Gasteiger partial charge < -0.3 is 10.6 Å². The molecule has 1 aromatic heterocycles. The van der Waals surface area contributed by atoms with Crippen molar-refractivity contribution >= 4 is 57.9 Å². The number of rotatable bonds is 4. The number of nitrogens with zero attached hydrogens (tertiary/aromatic N) is 3. The molecule has 0 aliphatic carbocycles. The summed E-state index contributed by atoms with van der Waals surface area (Å²) in [5, 5.41) is 15.6. The summed E-state index contributed by atoms with van der Waals surface area (Å²) in [6, 6.07) is 10.8. The third-order valence-corrected chi connectivity index (χ3v) is 4.09. The first kappa shape index (κ1) is 16.8. The second-order valence-electron chi connectivity index (χ2n) is 4.97. The number of benzene rings is 2. The Kier molecular flexibility index (Phi) is 5.04. The SMILES string of the molecule is Cc1ccc(Cl)cc1Nc1cnnc(Nc2c(Cl)cccc2Cl)n1. The van der Waals surface area contributed by atoms with Gasteiger partial charge in [0.15, 0.2) is 5.82 Å². The van der Waals surface area contributed by atoms with Gasteiger partial charge in [0.2, 0.25) is 5.95 Å². The number of hydrogen-bond acceptors (Lipinski definition) is 5. The largest absolute Gasteiger partial charge is 0.339 e. The highest BCUT2D eigenvalue weighted by molar-refractivity contribution is 6.39. The van der Waals surface area contributed by atoms with Gasteiger partial charge in [-0.15, -0.1) is 5.10 Å². The van der Waals surface area contributed by atoms with Crippen LogP contribution in [-0.4, -0.2) is 15.2 Å². The molecule has 0 bridgehead atoms. The molecule has 1 heterocycles. The second kappa shape index (κ2) is 7.21. The molecule has 0 spiro atoms. The monoisotopic (exact) mass is 379 g/mol. The Bertz CT molecular complexity index is 865. The molecule has 0 atom stereocenters. The Hall–Kier alpha value is -2.08. The highest BCUT2D eigenvalue weighted by Crippen LogP contribution is 2.31. The Morgan fingerprint density at radius 3 is 2.46 bits per heavy atom. The molecule has 0 aliphatic rings. The number of hydrogen-bond donors (Lipinski definition) is 2. The fourth-order valence-corrected chi connectivity index (χ4v) is 2.68. The number of para-hydroxylation sites is 1. The van der Waals surface area contributed by atoms with Crippen LogP contribution >= 0.6 is 34.8 Å². The average Bonchev–Trinajstić information content (AvgIpc) is 2.55. The van der Waals surface area contributed by atoms with Crippen LogP contribution in [0.15, 0.2) is 42.6 Å². The summed E-state index contributed by atoms with van der Waals surface area (Å²) in [4.78, 5) is 4.36. The van der Waals surface area contributed by atoms with Crippen molar-refractivity contribution in [2.24, 2.45) is 0 Å². The van der Waals surface area contributed by atoms with Crippen LogP contribution < -0.4 is 10.6 Å². The lowest BCUT2D eigenvalue weighted by molar-refractivity contribution is 0.982. The van der Waals surface area contributed by atoms with Crippen molar-refractivity contribution in [3.05, 3.63) is 63.2 Å². The van der Waals surface area contributed by atoms with E-state index in [1.165, 1.54) is 6.20 Å². The van der Waals surface area contributed by atoms with Crippen LogP contribution in [0.1, 0.15) is 5.56 Å². The first-order chi connectivity index (χ1) is 11.5. The van der Waals surface area contributed by atoms with Crippen molar-refractivity contribution in [1.82, 2.24) is 15.2 Å². The number of aryl methyl sites for hydroxylation is 1. The van der Waals surface area contributed by atoms with E-state index in [9.17, 15) is 0 Å². The maximum Gasteiger partial charge on any atom is 0.249 e. The summed E-state index contributed by atoms with van der Waals surface area (Å²) in [5.41, 5.74) is 2.39. The zero-order chi connectivity index (χ0) is 17.1. The smallest absolute Gasteiger partial charge is 0.249 e. The van der Waals surface area contributed by atoms with Crippen LogP contribution in [0.25, 0.3) is 0 Å². The minimum atomic E-state index is 0.273. The van der Waals surface area contributed by atoms with E-state index in [2.05, 4.69) is 25.8 Å². The molecule has 2 N–H and O–H groups in total. The van der Waals surface area contributed by atoms with E-state index in [0.29, 0.717) is 26.6 Å². The first-order valence-corrected chi connectivity index (χ1v) is 8.10. The van der Waals surface area contributed by atoms with Crippen LogP contribution in [0, 0.1) is 6.92 Å². The van der Waals surface area contributed by atoms with E-state index >= 15 is 0 Å². The Morgan fingerprint density at radius 1 is 0.958 bits per heavy atom. The molecule has 0 fully saturated rings. The highest BCUT2D eigenvalue weighted by Gasteiger charge is 2.09. The van der Waals surface area contributed by atoms with Crippen molar-refractivity contribution in [3.63, 3.8) is 0 Å². The number of nitrogens with one attached hydrogen (secondary N) is 2. The maximum absolute atomic E-state index is 6.13. The minimum Gasteiger partial charge on any atom is -0.339 e. The summed E-state index contributed by atoms with van der Waals surface area (Å²) in [6.07, 6.45) is 1.51. The van der Waals surface area contributed by atoms with Crippen LogP contribution in [0.5, 0.6) is 0 Å². The van der Waals surface area contributed by atoms with Gasteiger partial charge in [-0.3, -0.25) is 0 Å². The molecule has 3 aromatic rings. The molecule has 24 heavy (non-hydrogen) atoms. The molecule has 3 rings (SSSR count). The quantitative estimate of drug-likeness (QED) is 0.614. The van der Waals surface area contributed by atoms with Gasteiger partial charge in [-0.2, -0.15) is 10.1 Å². The molecule has 0 unspecified atom stereocenters. The molecule has 8 heteroatoms. The Labute approximate surface area is 154 Å². The third kappa shape index (κ3) is 3.87. The fraction of sp³-hybridized carbons (Fsp3) is 0.0625. The Morgan fingerprint density at radius 2 is 1.71 bits per heavy atom. The van der Waals surface area contributed by atoms with Crippen molar-refractivity contribution in [2.75, 3.05) is 10.6 Å². The summed E-state index contributed by atoms with van der Waals surface area (Å²) in [6.45, 7) is 1.97. The maximum atomic E-state index is 6.13. The summed E-state index contributed by atoms with van der Waals surface area (Å²) in [5.74, 6) is 0.788. The van der Waals surface area contributed by atoms with E-state index < -0.39 is 0 Å². The zero-order valence-corrected chi connectivity index (χ0v) is 14.8. The van der Waals surface area contributed by atoms with Crippen molar-refractivity contribution in [3.8, 4) is 0 Å². The molecule has 0 saturated heterocycles. The van der Waals surface area contributed by atoms with E-state index in [1.807, 2.05) is 25.1 Å². The summed E-state index contributed by atoms with van der Waals surface area (Å²) in [7, 11) is 0. The van der Waals surface area contributed by atoms with Crippen LogP contribution in [0.3, 0.4) is 0 Å². The van der Waals surface area contributed by atoms with Crippen LogP contribution in [0.4, 0.5) is 23.1 Å². The van der Waals surface area contributed by atoms with Crippen LogP contribution in [0.2, 0.25) is 15.1 Å². The molecule has 5 nitrogen and oxygen atoms in total. The van der Waals surface area contributed by atoms with E-state index in [0.717, 1.165) is 11.3 Å². The van der Waals surface area contributed by atoms with Gasteiger partial charge in [0.1, 0.15) is 0 Å².